The van der Waals surface area contributed by atoms with Crippen LogP contribution < -0.4 is 5.32 Å². The molecule has 0 aliphatic rings. The van der Waals surface area contributed by atoms with Crippen molar-refractivity contribution in [3.05, 3.63) is 52.2 Å². The standard InChI is InChI=1S/C13H15NOS/c1-10(13-7-4-8-16-13)14-12-6-3-2-5-11(12)9-15/h2-8,10,14-15H,9H2,1H3. The Bertz CT molecular complexity index is 439. The molecule has 3 heteroatoms. The van der Waals surface area contributed by atoms with Crippen LogP contribution in [0.5, 0.6) is 0 Å². The van der Waals surface area contributed by atoms with E-state index < -0.39 is 0 Å². The molecular weight excluding hydrogens is 218 g/mol. The second-order valence-electron chi connectivity index (χ2n) is 3.70. The maximum Gasteiger partial charge on any atom is 0.0701 e. The highest BCUT2D eigenvalue weighted by Gasteiger charge is 2.07. The van der Waals surface area contributed by atoms with Crippen molar-refractivity contribution in [3.8, 4) is 0 Å². The number of benzene rings is 1. The fourth-order valence-corrected chi connectivity index (χ4v) is 2.38. The van der Waals surface area contributed by atoms with Gasteiger partial charge in [-0.15, -0.1) is 11.3 Å². The Kier molecular flexibility index (Phi) is 3.59. The van der Waals surface area contributed by atoms with Gasteiger partial charge in [0.25, 0.3) is 0 Å². The Morgan fingerprint density at radius 1 is 1.25 bits per heavy atom. The Labute approximate surface area is 99.6 Å². The zero-order chi connectivity index (χ0) is 11.4. The van der Waals surface area contributed by atoms with E-state index in [1.807, 2.05) is 24.3 Å². The van der Waals surface area contributed by atoms with Crippen molar-refractivity contribution < 1.29 is 5.11 Å². The number of para-hydroxylation sites is 1. The third-order valence-electron chi connectivity index (χ3n) is 2.53. The van der Waals surface area contributed by atoms with E-state index in [0.29, 0.717) is 0 Å². The van der Waals surface area contributed by atoms with Crippen molar-refractivity contribution in [1.82, 2.24) is 0 Å². The fraction of sp³-hybridized carbons (Fsp3) is 0.231. The van der Waals surface area contributed by atoms with E-state index in [2.05, 4.69) is 29.8 Å². The number of nitrogens with one attached hydrogen (secondary N) is 1. The summed E-state index contributed by atoms with van der Waals surface area (Å²) in [6.07, 6.45) is 0. The molecule has 0 saturated carbocycles. The second kappa shape index (κ2) is 5.14. The van der Waals surface area contributed by atoms with Crippen LogP contribution >= 0.6 is 11.3 Å². The van der Waals surface area contributed by atoms with Gasteiger partial charge in [0.05, 0.1) is 12.6 Å². The van der Waals surface area contributed by atoms with E-state index in [1.165, 1.54) is 4.88 Å². The lowest BCUT2D eigenvalue weighted by atomic mass is 10.1. The van der Waals surface area contributed by atoms with E-state index in [0.717, 1.165) is 11.3 Å². The molecule has 2 N–H and O–H groups in total. The highest BCUT2D eigenvalue weighted by molar-refractivity contribution is 7.10. The van der Waals surface area contributed by atoms with E-state index in [9.17, 15) is 5.11 Å². The Morgan fingerprint density at radius 3 is 2.75 bits per heavy atom. The molecular formula is C13H15NOS. The summed E-state index contributed by atoms with van der Waals surface area (Å²) in [5, 5.41) is 14.7. The Balaban J connectivity index is 2.14. The van der Waals surface area contributed by atoms with Gasteiger partial charge in [0, 0.05) is 16.1 Å². The van der Waals surface area contributed by atoms with Crippen LogP contribution in [-0.4, -0.2) is 5.11 Å². The summed E-state index contributed by atoms with van der Waals surface area (Å²) in [5.41, 5.74) is 1.94. The summed E-state index contributed by atoms with van der Waals surface area (Å²) in [4.78, 5) is 1.30. The van der Waals surface area contributed by atoms with Gasteiger partial charge in [-0.3, -0.25) is 0 Å². The number of anilines is 1. The first-order valence-electron chi connectivity index (χ1n) is 5.30. The fourth-order valence-electron chi connectivity index (χ4n) is 1.64. The summed E-state index contributed by atoms with van der Waals surface area (Å²) in [5.74, 6) is 0. The summed E-state index contributed by atoms with van der Waals surface area (Å²) >= 11 is 1.74. The number of hydrogen-bond acceptors (Lipinski definition) is 3. The molecule has 84 valence electrons. The van der Waals surface area contributed by atoms with Gasteiger partial charge in [0.2, 0.25) is 0 Å². The van der Waals surface area contributed by atoms with E-state index in [-0.39, 0.29) is 12.6 Å². The SMILES string of the molecule is CC(Nc1ccccc1CO)c1cccs1. The molecule has 0 bridgehead atoms. The first-order chi connectivity index (χ1) is 7.81. The van der Waals surface area contributed by atoms with Crippen LogP contribution in [0.25, 0.3) is 0 Å². The van der Waals surface area contributed by atoms with Crippen LogP contribution in [0, 0.1) is 0 Å². The van der Waals surface area contributed by atoms with E-state index in [4.69, 9.17) is 0 Å². The van der Waals surface area contributed by atoms with Crippen LogP contribution in [0.1, 0.15) is 23.4 Å². The molecule has 1 aromatic heterocycles. The molecule has 0 spiro atoms. The van der Waals surface area contributed by atoms with Gasteiger partial charge in [-0.2, -0.15) is 0 Å². The van der Waals surface area contributed by atoms with Crippen LogP contribution in [0.2, 0.25) is 0 Å². The van der Waals surface area contributed by atoms with Crippen molar-refractivity contribution >= 4 is 17.0 Å². The number of rotatable bonds is 4. The number of hydrogen-bond donors (Lipinski definition) is 2. The summed E-state index contributed by atoms with van der Waals surface area (Å²) in [6.45, 7) is 2.19. The average Bonchev–Trinajstić information content (AvgIpc) is 2.83. The molecule has 2 rings (SSSR count). The minimum atomic E-state index is 0.0698. The highest BCUT2D eigenvalue weighted by atomic mass is 32.1. The van der Waals surface area contributed by atoms with Crippen LogP contribution in [0.3, 0.4) is 0 Å². The quantitative estimate of drug-likeness (QED) is 0.848. The lowest BCUT2D eigenvalue weighted by Gasteiger charge is -2.16. The summed E-state index contributed by atoms with van der Waals surface area (Å²) in [6, 6.07) is 12.3. The molecule has 0 fully saturated rings. The Morgan fingerprint density at radius 2 is 2.06 bits per heavy atom. The smallest absolute Gasteiger partial charge is 0.0701 e. The molecule has 16 heavy (non-hydrogen) atoms. The van der Waals surface area contributed by atoms with Gasteiger partial charge in [-0.1, -0.05) is 24.3 Å². The van der Waals surface area contributed by atoms with Gasteiger partial charge >= 0.3 is 0 Å². The van der Waals surface area contributed by atoms with Gasteiger partial charge in [-0.25, -0.2) is 0 Å². The molecule has 1 heterocycles. The third kappa shape index (κ3) is 2.43. The zero-order valence-electron chi connectivity index (χ0n) is 9.18. The van der Waals surface area contributed by atoms with Crippen molar-refractivity contribution in [1.29, 1.82) is 0 Å². The van der Waals surface area contributed by atoms with Crippen LogP contribution in [-0.2, 0) is 6.61 Å². The largest absolute Gasteiger partial charge is 0.392 e. The monoisotopic (exact) mass is 233 g/mol. The number of thiophene rings is 1. The third-order valence-corrected chi connectivity index (χ3v) is 3.58. The molecule has 2 nitrogen and oxygen atoms in total. The molecule has 0 radical (unpaired) electrons. The van der Waals surface area contributed by atoms with Crippen LogP contribution in [0.4, 0.5) is 5.69 Å². The number of aliphatic hydroxyl groups is 1. The first-order valence-corrected chi connectivity index (χ1v) is 6.18. The molecule has 0 amide bonds. The minimum absolute atomic E-state index is 0.0698. The highest BCUT2D eigenvalue weighted by Crippen LogP contribution is 2.25. The lowest BCUT2D eigenvalue weighted by molar-refractivity contribution is 0.282. The molecule has 1 aromatic carbocycles. The van der Waals surface area contributed by atoms with Crippen molar-refractivity contribution in [2.75, 3.05) is 5.32 Å². The maximum atomic E-state index is 9.22. The van der Waals surface area contributed by atoms with Crippen molar-refractivity contribution in [2.24, 2.45) is 0 Å². The van der Waals surface area contributed by atoms with Crippen molar-refractivity contribution in [2.45, 2.75) is 19.6 Å². The normalized spacial score (nSPS) is 12.4. The molecule has 2 aromatic rings. The van der Waals surface area contributed by atoms with Gasteiger partial charge in [0.1, 0.15) is 0 Å². The molecule has 1 atom stereocenters. The molecule has 0 saturated heterocycles. The van der Waals surface area contributed by atoms with E-state index >= 15 is 0 Å². The lowest BCUT2D eigenvalue weighted by Crippen LogP contribution is -2.06. The van der Waals surface area contributed by atoms with Crippen LogP contribution in [0.15, 0.2) is 41.8 Å². The van der Waals surface area contributed by atoms with Crippen molar-refractivity contribution in [3.63, 3.8) is 0 Å². The molecule has 0 aliphatic heterocycles. The van der Waals surface area contributed by atoms with Gasteiger partial charge in [0.15, 0.2) is 0 Å². The predicted molar refractivity (Wildman–Crippen MR) is 68.7 cm³/mol. The minimum Gasteiger partial charge on any atom is -0.392 e. The molecule has 1 unspecified atom stereocenters. The average molecular weight is 233 g/mol. The first kappa shape index (κ1) is 11.2. The number of aliphatic hydroxyl groups excluding tert-OH is 1. The summed E-state index contributed by atoms with van der Waals surface area (Å²) < 4.78 is 0. The predicted octanol–water partition coefficient (Wildman–Crippen LogP) is 3.41. The van der Waals surface area contributed by atoms with Gasteiger partial charge < -0.3 is 10.4 Å². The maximum absolute atomic E-state index is 9.22. The van der Waals surface area contributed by atoms with E-state index in [1.54, 1.807) is 11.3 Å². The van der Waals surface area contributed by atoms with Gasteiger partial charge in [-0.05, 0) is 24.4 Å². The topological polar surface area (TPSA) is 32.3 Å². The molecule has 0 aliphatic carbocycles. The second-order valence-corrected chi connectivity index (χ2v) is 4.68. The Hall–Kier alpha value is -1.32. The zero-order valence-corrected chi connectivity index (χ0v) is 10.00. The summed E-state index contributed by atoms with van der Waals surface area (Å²) in [7, 11) is 0.